The van der Waals surface area contributed by atoms with E-state index in [4.69, 9.17) is 0 Å². The molecule has 2 aliphatic rings. The van der Waals surface area contributed by atoms with Crippen LogP contribution in [0.1, 0.15) is 18.4 Å². The highest BCUT2D eigenvalue weighted by Crippen LogP contribution is 2.23. The summed E-state index contributed by atoms with van der Waals surface area (Å²) in [7, 11) is 0. The number of hydrogen-bond acceptors (Lipinski definition) is 2. The third-order valence-corrected chi connectivity index (χ3v) is 4.44. The Morgan fingerprint density at radius 3 is 2.80 bits per heavy atom. The number of nitrogens with zero attached hydrogens (tertiary/aromatic N) is 1. The molecule has 1 aromatic carbocycles. The fourth-order valence-corrected chi connectivity index (χ4v) is 3.28. The number of amides is 1. The molecule has 2 fully saturated rings. The van der Waals surface area contributed by atoms with Crippen molar-refractivity contribution in [3.8, 4) is 0 Å². The predicted molar refractivity (Wildman–Crippen MR) is 75.8 cm³/mol. The zero-order chi connectivity index (χ0) is 13.9. The fourth-order valence-electron chi connectivity index (χ4n) is 3.28. The fraction of sp³-hybridized carbons (Fsp3) is 0.562. The summed E-state index contributed by atoms with van der Waals surface area (Å²) in [5.74, 6) is 0.820. The van der Waals surface area contributed by atoms with Crippen molar-refractivity contribution in [3.05, 3.63) is 35.6 Å². The van der Waals surface area contributed by atoms with Gasteiger partial charge in [0, 0.05) is 19.6 Å². The van der Waals surface area contributed by atoms with Crippen molar-refractivity contribution >= 4 is 5.91 Å². The average Bonchev–Trinajstić information content (AvgIpc) is 3.12. The first-order chi connectivity index (χ1) is 9.72. The molecule has 0 aromatic heterocycles. The van der Waals surface area contributed by atoms with Crippen LogP contribution in [0.4, 0.5) is 4.39 Å². The molecule has 0 spiro atoms. The van der Waals surface area contributed by atoms with Gasteiger partial charge in [0.05, 0.1) is 5.92 Å². The maximum absolute atomic E-state index is 12.9. The smallest absolute Gasteiger partial charge is 0.227 e. The van der Waals surface area contributed by atoms with E-state index in [0.29, 0.717) is 11.8 Å². The van der Waals surface area contributed by atoms with Crippen molar-refractivity contribution in [3.63, 3.8) is 0 Å². The molecule has 2 heterocycles. The van der Waals surface area contributed by atoms with Gasteiger partial charge in [0.2, 0.25) is 5.91 Å². The second-order valence-electron chi connectivity index (χ2n) is 5.96. The zero-order valence-electron chi connectivity index (χ0n) is 11.6. The van der Waals surface area contributed by atoms with Gasteiger partial charge >= 0.3 is 0 Å². The number of carbonyl (C=O) groups excluding carboxylic acids is 1. The van der Waals surface area contributed by atoms with Gasteiger partial charge in [-0.25, -0.2) is 4.39 Å². The van der Waals surface area contributed by atoms with Crippen molar-refractivity contribution in [1.82, 2.24) is 10.2 Å². The van der Waals surface area contributed by atoms with Gasteiger partial charge in [-0.15, -0.1) is 0 Å². The molecule has 2 aliphatic heterocycles. The van der Waals surface area contributed by atoms with Crippen LogP contribution < -0.4 is 5.32 Å². The molecule has 1 aromatic rings. The molecule has 1 N–H and O–H groups in total. The number of halogens is 1. The second-order valence-corrected chi connectivity index (χ2v) is 5.96. The summed E-state index contributed by atoms with van der Waals surface area (Å²) in [6, 6.07) is 6.72. The van der Waals surface area contributed by atoms with E-state index < -0.39 is 0 Å². The van der Waals surface area contributed by atoms with Crippen LogP contribution in [-0.2, 0) is 11.2 Å². The summed E-state index contributed by atoms with van der Waals surface area (Å²) in [5, 5.41) is 3.25. The lowest BCUT2D eigenvalue weighted by Gasteiger charge is -2.20. The van der Waals surface area contributed by atoms with Crippen LogP contribution in [-0.4, -0.2) is 37.0 Å². The van der Waals surface area contributed by atoms with E-state index in [1.165, 1.54) is 12.1 Å². The minimum atomic E-state index is -0.189. The highest BCUT2D eigenvalue weighted by Gasteiger charge is 2.32. The Morgan fingerprint density at radius 1 is 1.30 bits per heavy atom. The Labute approximate surface area is 119 Å². The van der Waals surface area contributed by atoms with Crippen LogP contribution in [0.3, 0.4) is 0 Å². The van der Waals surface area contributed by atoms with Crippen LogP contribution in [0.25, 0.3) is 0 Å². The third kappa shape index (κ3) is 3.01. The Kier molecular flexibility index (Phi) is 4.01. The Balaban J connectivity index is 1.54. The molecule has 2 atom stereocenters. The summed E-state index contributed by atoms with van der Waals surface area (Å²) in [6.07, 6.45) is 2.97. The monoisotopic (exact) mass is 276 g/mol. The average molecular weight is 276 g/mol. The number of likely N-dealkylation sites (tertiary alicyclic amines) is 1. The molecular formula is C16H21FN2O. The quantitative estimate of drug-likeness (QED) is 0.913. The minimum absolute atomic E-state index is 0.180. The number of rotatable bonds is 3. The van der Waals surface area contributed by atoms with Crippen LogP contribution in [0.2, 0.25) is 0 Å². The van der Waals surface area contributed by atoms with E-state index in [9.17, 15) is 9.18 Å². The summed E-state index contributed by atoms with van der Waals surface area (Å²) in [5.41, 5.74) is 1.16. The molecule has 2 unspecified atom stereocenters. The maximum Gasteiger partial charge on any atom is 0.227 e. The first-order valence-corrected chi connectivity index (χ1v) is 7.46. The highest BCUT2D eigenvalue weighted by molar-refractivity contribution is 5.79. The van der Waals surface area contributed by atoms with Crippen LogP contribution >= 0.6 is 0 Å². The zero-order valence-corrected chi connectivity index (χ0v) is 11.6. The summed E-state index contributed by atoms with van der Waals surface area (Å²) >= 11 is 0. The molecule has 3 nitrogen and oxygen atoms in total. The molecule has 3 rings (SSSR count). The number of nitrogens with one attached hydrogen (secondary N) is 1. The Bertz CT molecular complexity index is 468. The van der Waals surface area contributed by atoms with E-state index >= 15 is 0 Å². The largest absolute Gasteiger partial charge is 0.342 e. The molecule has 0 radical (unpaired) electrons. The summed E-state index contributed by atoms with van der Waals surface area (Å²) < 4.78 is 12.9. The van der Waals surface area contributed by atoms with Crippen molar-refractivity contribution < 1.29 is 9.18 Å². The second kappa shape index (κ2) is 5.92. The number of benzene rings is 1. The molecule has 108 valence electrons. The first-order valence-electron chi connectivity index (χ1n) is 7.46. The van der Waals surface area contributed by atoms with E-state index in [1.54, 1.807) is 0 Å². The van der Waals surface area contributed by atoms with Gasteiger partial charge < -0.3 is 10.2 Å². The Hall–Kier alpha value is -1.42. The molecule has 0 saturated carbocycles. The van der Waals surface area contributed by atoms with Gasteiger partial charge in [-0.05, 0) is 49.4 Å². The van der Waals surface area contributed by atoms with Gasteiger partial charge in [0.15, 0.2) is 0 Å². The topological polar surface area (TPSA) is 32.3 Å². The number of carbonyl (C=O) groups is 1. The summed E-state index contributed by atoms with van der Waals surface area (Å²) in [4.78, 5) is 14.3. The van der Waals surface area contributed by atoms with E-state index in [1.807, 2.05) is 17.0 Å². The van der Waals surface area contributed by atoms with Crippen molar-refractivity contribution in [2.24, 2.45) is 11.8 Å². The standard InChI is InChI=1S/C16H21FN2O/c17-15-3-1-12(2-4-15)9-13-6-8-19(11-13)16(20)14-5-7-18-10-14/h1-4,13-14,18H,5-11H2. The normalized spacial score (nSPS) is 26.1. The van der Waals surface area contributed by atoms with Crippen molar-refractivity contribution in [1.29, 1.82) is 0 Å². The van der Waals surface area contributed by atoms with Gasteiger partial charge in [0.1, 0.15) is 5.82 Å². The lowest BCUT2D eigenvalue weighted by Crippen LogP contribution is -2.35. The molecule has 4 heteroatoms. The number of hydrogen-bond donors (Lipinski definition) is 1. The Morgan fingerprint density at radius 2 is 2.10 bits per heavy atom. The molecule has 2 saturated heterocycles. The third-order valence-electron chi connectivity index (χ3n) is 4.44. The highest BCUT2D eigenvalue weighted by atomic mass is 19.1. The van der Waals surface area contributed by atoms with E-state index in [-0.39, 0.29) is 11.7 Å². The van der Waals surface area contributed by atoms with E-state index in [2.05, 4.69) is 5.32 Å². The van der Waals surface area contributed by atoms with Gasteiger partial charge in [-0.3, -0.25) is 4.79 Å². The summed E-state index contributed by atoms with van der Waals surface area (Å²) in [6.45, 7) is 3.52. The SMILES string of the molecule is O=C(C1CCNC1)N1CCC(Cc2ccc(F)cc2)C1. The lowest BCUT2D eigenvalue weighted by atomic mass is 9.99. The minimum Gasteiger partial charge on any atom is -0.342 e. The van der Waals surface area contributed by atoms with Crippen LogP contribution in [0.5, 0.6) is 0 Å². The van der Waals surface area contributed by atoms with Gasteiger partial charge in [-0.2, -0.15) is 0 Å². The van der Waals surface area contributed by atoms with Gasteiger partial charge in [0.25, 0.3) is 0 Å². The predicted octanol–water partition coefficient (Wildman–Crippen LogP) is 1.83. The van der Waals surface area contributed by atoms with Crippen LogP contribution in [0, 0.1) is 17.7 Å². The molecule has 1 amide bonds. The molecule has 20 heavy (non-hydrogen) atoms. The molecule has 0 aliphatic carbocycles. The van der Waals surface area contributed by atoms with Gasteiger partial charge in [-0.1, -0.05) is 12.1 Å². The van der Waals surface area contributed by atoms with Crippen LogP contribution in [0.15, 0.2) is 24.3 Å². The lowest BCUT2D eigenvalue weighted by molar-refractivity contribution is -0.133. The first kappa shape index (κ1) is 13.6. The molecule has 0 bridgehead atoms. The molecular weight excluding hydrogens is 255 g/mol. The van der Waals surface area contributed by atoms with E-state index in [0.717, 1.165) is 51.0 Å². The van der Waals surface area contributed by atoms with Crippen molar-refractivity contribution in [2.75, 3.05) is 26.2 Å². The maximum atomic E-state index is 12.9. The van der Waals surface area contributed by atoms with Crippen molar-refractivity contribution in [2.45, 2.75) is 19.3 Å².